The molecule has 2 aliphatic heterocycles. The predicted molar refractivity (Wildman–Crippen MR) is 123 cm³/mol. The van der Waals surface area contributed by atoms with Gasteiger partial charge in [-0.1, -0.05) is 54.6 Å². The molecule has 0 aliphatic carbocycles. The Kier molecular flexibility index (Phi) is 5.56. The quantitative estimate of drug-likeness (QED) is 0.418. The van der Waals surface area contributed by atoms with Crippen LogP contribution in [0.5, 0.6) is 0 Å². The van der Waals surface area contributed by atoms with Gasteiger partial charge in [0.2, 0.25) is 0 Å². The maximum atomic E-state index is 12.5. The van der Waals surface area contributed by atoms with Gasteiger partial charge in [-0.2, -0.15) is 0 Å². The average molecular weight is 413 g/mol. The van der Waals surface area contributed by atoms with E-state index in [1.807, 2.05) is 12.1 Å². The molecule has 3 aromatic rings. The topological polar surface area (TPSA) is 40.6 Å². The molecule has 0 unspecified atom stereocenters. The van der Waals surface area contributed by atoms with Gasteiger partial charge in [0, 0.05) is 6.54 Å². The van der Waals surface area contributed by atoms with Gasteiger partial charge >= 0.3 is 0 Å². The molecule has 1 fully saturated rings. The highest BCUT2D eigenvalue weighted by Gasteiger charge is 2.34. The van der Waals surface area contributed by atoms with E-state index in [0.717, 1.165) is 32.5 Å². The number of nitrogens with zero attached hydrogens (tertiary/aromatic N) is 2. The molecule has 158 valence electrons. The van der Waals surface area contributed by atoms with E-state index in [-0.39, 0.29) is 11.8 Å². The maximum absolute atomic E-state index is 12.5. The number of hydrogen-bond donors (Lipinski definition) is 0. The molecule has 0 bridgehead atoms. The molecule has 4 nitrogen and oxygen atoms in total. The molecule has 5 rings (SSSR count). The summed E-state index contributed by atoms with van der Waals surface area (Å²) in [6, 6.07) is 22.5. The van der Waals surface area contributed by atoms with E-state index in [1.54, 1.807) is 12.1 Å². The summed E-state index contributed by atoms with van der Waals surface area (Å²) < 4.78 is 0. The van der Waals surface area contributed by atoms with Crippen molar-refractivity contribution in [2.75, 3.05) is 26.2 Å². The second kappa shape index (κ2) is 8.64. The van der Waals surface area contributed by atoms with Crippen molar-refractivity contribution in [1.29, 1.82) is 0 Å². The fourth-order valence-corrected chi connectivity index (χ4v) is 5.12. The van der Waals surface area contributed by atoms with Gasteiger partial charge < -0.3 is 4.90 Å². The van der Waals surface area contributed by atoms with E-state index >= 15 is 0 Å². The summed E-state index contributed by atoms with van der Waals surface area (Å²) in [5.41, 5.74) is 2.58. The molecule has 0 N–H and O–H groups in total. The lowest BCUT2D eigenvalue weighted by atomic mass is 9.86. The fourth-order valence-electron chi connectivity index (χ4n) is 5.12. The summed E-state index contributed by atoms with van der Waals surface area (Å²) in [4.78, 5) is 28.9. The van der Waals surface area contributed by atoms with E-state index in [2.05, 4.69) is 47.4 Å². The number of rotatable bonds is 6. The van der Waals surface area contributed by atoms with Crippen LogP contribution in [0.2, 0.25) is 0 Å². The van der Waals surface area contributed by atoms with Crippen LogP contribution in [-0.2, 0) is 0 Å². The highest BCUT2D eigenvalue weighted by Crippen LogP contribution is 2.33. The molecule has 4 heteroatoms. The molecule has 2 amide bonds. The lowest BCUT2D eigenvalue weighted by Gasteiger charge is -2.32. The Bertz CT molecular complexity index is 1070. The Morgan fingerprint density at radius 3 is 2.06 bits per heavy atom. The third kappa shape index (κ3) is 3.88. The predicted octanol–water partition coefficient (Wildman–Crippen LogP) is 5.10. The van der Waals surface area contributed by atoms with Crippen LogP contribution in [-0.4, -0.2) is 47.8 Å². The van der Waals surface area contributed by atoms with Gasteiger partial charge in [-0.05, 0) is 79.7 Å². The Morgan fingerprint density at radius 2 is 1.32 bits per heavy atom. The summed E-state index contributed by atoms with van der Waals surface area (Å²) >= 11 is 0. The number of carbonyl (C=O) groups is 2. The number of imide groups is 1. The molecule has 0 spiro atoms. The van der Waals surface area contributed by atoms with E-state index in [0.29, 0.717) is 23.6 Å². The first kappa shape index (κ1) is 20.0. The summed E-state index contributed by atoms with van der Waals surface area (Å²) in [6.07, 6.45) is 4.24. The minimum atomic E-state index is -0.142. The van der Waals surface area contributed by atoms with Crippen molar-refractivity contribution in [3.05, 3.63) is 83.4 Å². The Morgan fingerprint density at radius 1 is 0.710 bits per heavy atom. The molecule has 0 radical (unpaired) electrons. The van der Waals surface area contributed by atoms with Crippen LogP contribution in [0.15, 0.2) is 66.7 Å². The molecule has 0 saturated carbocycles. The normalized spacial score (nSPS) is 17.5. The summed E-state index contributed by atoms with van der Waals surface area (Å²) in [5.74, 6) is 0.341. The van der Waals surface area contributed by atoms with E-state index in [9.17, 15) is 9.59 Å². The highest BCUT2D eigenvalue weighted by molar-refractivity contribution is 6.21. The first-order valence-corrected chi connectivity index (χ1v) is 11.4. The monoisotopic (exact) mass is 412 g/mol. The number of unbranched alkanes of at least 4 members (excludes halogenated alkanes) is 1. The van der Waals surface area contributed by atoms with Gasteiger partial charge in [-0.3, -0.25) is 14.5 Å². The van der Waals surface area contributed by atoms with Crippen molar-refractivity contribution in [2.24, 2.45) is 0 Å². The van der Waals surface area contributed by atoms with Crippen LogP contribution in [0.4, 0.5) is 0 Å². The molecule has 31 heavy (non-hydrogen) atoms. The number of piperidine rings is 1. The number of amides is 2. The molecular weight excluding hydrogens is 384 g/mol. The molecule has 0 atom stereocenters. The number of likely N-dealkylation sites (tertiary alicyclic amines) is 1. The Hall–Kier alpha value is -2.98. The zero-order valence-electron chi connectivity index (χ0n) is 17.8. The molecule has 2 heterocycles. The Labute approximate surface area is 183 Å². The smallest absolute Gasteiger partial charge is 0.261 e. The Balaban J connectivity index is 1.10. The lowest BCUT2D eigenvalue weighted by Crippen LogP contribution is -2.35. The number of fused-ring (bicyclic) bond motifs is 2. The average Bonchev–Trinajstić information content (AvgIpc) is 3.07. The SMILES string of the molecule is O=C1c2ccccc2C(=O)N1CCCCN1CCC(c2cccc3ccccc23)CC1. The second-order valence-corrected chi connectivity index (χ2v) is 8.70. The number of carbonyl (C=O) groups excluding carboxylic acids is 2. The summed E-state index contributed by atoms with van der Waals surface area (Å²) in [6.45, 7) is 3.77. The molecule has 1 saturated heterocycles. The minimum absolute atomic E-state index is 0.142. The van der Waals surface area contributed by atoms with Crippen LogP contribution in [0.25, 0.3) is 10.8 Å². The van der Waals surface area contributed by atoms with Gasteiger partial charge in [0.05, 0.1) is 11.1 Å². The molecule has 3 aromatic carbocycles. The molecule has 2 aliphatic rings. The largest absolute Gasteiger partial charge is 0.303 e. The van der Waals surface area contributed by atoms with E-state index < -0.39 is 0 Å². The number of benzene rings is 3. The van der Waals surface area contributed by atoms with Gasteiger partial charge in [-0.15, -0.1) is 0 Å². The van der Waals surface area contributed by atoms with Crippen molar-refractivity contribution < 1.29 is 9.59 Å². The van der Waals surface area contributed by atoms with Crippen LogP contribution in [0.3, 0.4) is 0 Å². The fraction of sp³-hybridized carbons (Fsp3) is 0.333. The third-order valence-electron chi connectivity index (χ3n) is 6.84. The van der Waals surface area contributed by atoms with E-state index in [4.69, 9.17) is 0 Å². The van der Waals surface area contributed by atoms with Crippen molar-refractivity contribution in [3.63, 3.8) is 0 Å². The van der Waals surface area contributed by atoms with E-state index in [1.165, 1.54) is 34.1 Å². The van der Waals surface area contributed by atoms with Crippen LogP contribution >= 0.6 is 0 Å². The van der Waals surface area contributed by atoms with Gasteiger partial charge in [0.1, 0.15) is 0 Å². The van der Waals surface area contributed by atoms with Gasteiger partial charge in [0.25, 0.3) is 11.8 Å². The summed E-state index contributed by atoms with van der Waals surface area (Å²) in [5, 5.41) is 2.72. The van der Waals surface area contributed by atoms with Crippen molar-refractivity contribution in [2.45, 2.75) is 31.6 Å². The van der Waals surface area contributed by atoms with Crippen LogP contribution in [0, 0.1) is 0 Å². The van der Waals surface area contributed by atoms with Crippen LogP contribution in [0.1, 0.15) is 57.9 Å². The van der Waals surface area contributed by atoms with Crippen molar-refractivity contribution in [1.82, 2.24) is 9.80 Å². The molecular formula is C27H28N2O2. The minimum Gasteiger partial charge on any atom is -0.303 e. The van der Waals surface area contributed by atoms with Crippen molar-refractivity contribution >= 4 is 22.6 Å². The first-order valence-electron chi connectivity index (χ1n) is 11.4. The zero-order chi connectivity index (χ0) is 21.2. The highest BCUT2D eigenvalue weighted by atomic mass is 16.2. The first-order chi connectivity index (χ1) is 15.2. The third-order valence-corrected chi connectivity index (χ3v) is 6.84. The summed E-state index contributed by atoms with van der Waals surface area (Å²) in [7, 11) is 0. The second-order valence-electron chi connectivity index (χ2n) is 8.70. The molecule has 0 aromatic heterocycles. The van der Waals surface area contributed by atoms with Gasteiger partial charge in [-0.25, -0.2) is 0 Å². The van der Waals surface area contributed by atoms with Crippen LogP contribution < -0.4 is 0 Å². The maximum Gasteiger partial charge on any atom is 0.261 e. The standard InChI is InChI=1S/C27H28N2O2/c30-26-24-11-3-4-12-25(24)27(31)29(26)17-6-5-16-28-18-14-21(15-19-28)23-13-7-9-20-8-1-2-10-22(20)23/h1-4,7-13,21H,5-6,14-19H2. The number of hydrogen-bond acceptors (Lipinski definition) is 3. The zero-order valence-corrected chi connectivity index (χ0v) is 17.8. The lowest BCUT2D eigenvalue weighted by molar-refractivity contribution is 0.0649. The van der Waals surface area contributed by atoms with Gasteiger partial charge in [0.15, 0.2) is 0 Å². The van der Waals surface area contributed by atoms with Crippen molar-refractivity contribution in [3.8, 4) is 0 Å².